The summed E-state index contributed by atoms with van der Waals surface area (Å²) in [6.07, 6.45) is 0. The van der Waals surface area contributed by atoms with Crippen molar-refractivity contribution in [1.82, 2.24) is 0 Å². The molecule has 0 spiro atoms. The first kappa shape index (κ1) is 22.4. The molecule has 3 aromatic carbocycles. The Morgan fingerprint density at radius 2 is 1.35 bits per heavy atom. The van der Waals surface area contributed by atoms with Gasteiger partial charge in [-0.05, 0) is 71.6 Å². The highest BCUT2D eigenvalue weighted by molar-refractivity contribution is 6.30. The number of rotatable bonds is 6. The summed E-state index contributed by atoms with van der Waals surface area (Å²) in [4.78, 5) is 24.5. The molecule has 6 heteroatoms. The molecule has 0 heterocycles. The molecule has 0 aliphatic heterocycles. The maximum atomic E-state index is 12.5. The Balaban J connectivity index is 1.51. The molecule has 0 bridgehead atoms. The summed E-state index contributed by atoms with van der Waals surface area (Å²) in [6, 6.07) is 21.3. The lowest BCUT2D eigenvalue weighted by atomic mass is 9.87. The minimum atomic E-state index is -0.286. The van der Waals surface area contributed by atoms with Crippen LogP contribution in [0, 0.1) is 0 Å². The van der Waals surface area contributed by atoms with E-state index in [0.29, 0.717) is 27.7 Å². The Labute approximate surface area is 187 Å². The van der Waals surface area contributed by atoms with Crippen LogP contribution in [0.3, 0.4) is 0 Å². The fraction of sp³-hybridized carbons (Fsp3) is 0.200. The van der Waals surface area contributed by atoms with Gasteiger partial charge >= 0.3 is 0 Å². The molecular weight excluding hydrogens is 412 g/mol. The molecule has 2 amide bonds. The van der Waals surface area contributed by atoms with Gasteiger partial charge in [0.05, 0.1) is 0 Å². The van der Waals surface area contributed by atoms with Gasteiger partial charge in [-0.25, -0.2) is 0 Å². The first-order chi connectivity index (χ1) is 14.7. The predicted molar refractivity (Wildman–Crippen MR) is 125 cm³/mol. The van der Waals surface area contributed by atoms with Crippen molar-refractivity contribution >= 4 is 34.8 Å². The third-order valence-corrected chi connectivity index (χ3v) is 4.88. The van der Waals surface area contributed by atoms with E-state index in [2.05, 4.69) is 31.4 Å². The quantitative estimate of drug-likeness (QED) is 0.505. The van der Waals surface area contributed by atoms with Crippen molar-refractivity contribution in [1.29, 1.82) is 0 Å². The lowest BCUT2D eigenvalue weighted by Crippen LogP contribution is -2.20. The topological polar surface area (TPSA) is 67.4 Å². The van der Waals surface area contributed by atoms with Crippen LogP contribution >= 0.6 is 11.6 Å². The number of ether oxygens (including phenoxy) is 1. The number of benzene rings is 3. The summed E-state index contributed by atoms with van der Waals surface area (Å²) in [5, 5.41) is 6.22. The van der Waals surface area contributed by atoms with E-state index in [1.54, 1.807) is 48.5 Å². The van der Waals surface area contributed by atoms with Crippen LogP contribution in [0.5, 0.6) is 5.75 Å². The Bertz CT molecular complexity index is 1040. The molecule has 31 heavy (non-hydrogen) atoms. The SMILES string of the molecule is CC(C)(C)c1ccc(C(=O)Nc2ccc(NC(=O)COc3ccc(Cl)cc3)cc2)cc1. The number of hydrogen-bond acceptors (Lipinski definition) is 3. The molecule has 0 unspecified atom stereocenters. The molecule has 0 saturated carbocycles. The van der Waals surface area contributed by atoms with Gasteiger partial charge < -0.3 is 15.4 Å². The third-order valence-electron chi connectivity index (χ3n) is 4.62. The van der Waals surface area contributed by atoms with E-state index in [-0.39, 0.29) is 23.8 Å². The van der Waals surface area contributed by atoms with E-state index in [0.717, 1.165) is 0 Å². The van der Waals surface area contributed by atoms with Crippen LogP contribution in [-0.4, -0.2) is 18.4 Å². The molecule has 160 valence electrons. The second kappa shape index (κ2) is 9.67. The smallest absolute Gasteiger partial charge is 0.262 e. The summed E-state index contributed by atoms with van der Waals surface area (Å²) in [6.45, 7) is 6.27. The summed E-state index contributed by atoms with van der Waals surface area (Å²) >= 11 is 5.82. The lowest BCUT2D eigenvalue weighted by molar-refractivity contribution is -0.118. The Kier molecular flexibility index (Phi) is 6.98. The van der Waals surface area contributed by atoms with Crippen LogP contribution in [0.4, 0.5) is 11.4 Å². The zero-order valence-corrected chi connectivity index (χ0v) is 18.5. The summed E-state index contributed by atoms with van der Waals surface area (Å²) in [5.41, 5.74) is 3.04. The second-order valence-corrected chi connectivity index (χ2v) is 8.59. The molecule has 0 aromatic heterocycles. The monoisotopic (exact) mass is 436 g/mol. The molecule has 0 aliphatic carbocycles. The average Bonchev–Trinajstić information content (AvgIpc) is 2.74. The van der Waals surface area contributed by atoms with Crippen molar-refractivity contribution in [3.05, 3.63) is 88.9 Å². The minimum absolute atomic E-state index is 0.0368. The number of nitrogens with one attached hydrogen (secondary N) is 2. The molecule has 0 radical (unpaired) electrons. The largest absolute Gasteiger partial charge is 0.484 e. The molecule has 0 aliphatic rings. The summed E-state index contributed by atoms with van der Waals surface area (Å²) < 4.78 is 5.42. The van der Waals surface area contributed by atoms with Crippen LogP contribution in [0.2, 0.25) is 5.02 Å². The van der Waals surface area contributed by atoms with Crippen molar-refractivity contribution < 1.29 is 14.3 Å². The van der Waals surface area contributed by atoms with Crippen molar-refractivity contribution in [2.45, 2.75) is 26.2 Å². The van der Waals surface area contributed by atoms with Gasteiger partial charge in [-0.1, -0.05) is 44.5 Å². The van der Waals surface area contributed by atoms with E-state index in [1.165, 1.54) is 5.56 Å². The number of halogens is 1. The van der Waals surface area contributed by atoms with Gasteiger partial charge in [0.25, 0.3) is 11.8 Å². The van der Waals surface area contributed by atoms with Crippen LogP contribution in [0.15, 0.2) is 72.8 Å². The summed E-state index contributed by atoms with van der Waals surface area (Å²) in [7, 11) is 0. The van der Waals surface area contributed by atoms with E-state index < -0.39 is 0 Å². The number of anilines is 2. The van der Waals surface area contributed by atoms with E-state index in [9.17, 15) is 9.59 Å². The Hall–Kier alpha value is -3.31. The maximum absolute atomic E-state index is 12.5. The first-order valence-corrected chi connectivity index (χ1v) is 10.3. The van der Waals surface area contributed by atoms with Crippen LogP contribution in [0.25, 0.3) is 0 Å². The highest BCUT2D eigenvalue weighted by atomic mass is 35.5. The normalized spacial score (nSPS) is 11.0. The highest BCUT2D eigenvalue weighted by Gasteiger charge is 2.14. The Morgan fingerprint density at radius 3 is 1.90 bits per heavy atom. The average molecular weight is 437 g/mol. The molecule has 5 nitrogen and oxygen atoms in total. The number of carbonyl (C=O) groups is 2. The zero-order chi connectivity index (χ0) is 22.4. The van der Waals surface area contributed by atoms with Crippen molar-refractivity contribution in [2.24, 2.45) is 0 Å². The fourth-order valence-electron chi connectivity index (χ4n) is 2.84. The second-order valence-electron chi connectivity index (χ2n) is 8.15. The Morgan fingerprint density at radius 1 is 0.806 bits per heavy atom. The van der Waals surface area contributed by atoms with E-state index >= 15 is 0 Å². The molecule has 0 fully saturated rings. The number of amides is 2. The van der Waals surface area contributed by atoms with Gasteiger partial charge in [-0.2, -0.15) is 0 Å². The molecule has 0 saturated heterocycles. The van der Waals surface area contributed by atoms with Gasteiger partial charge in [-0.15, -0.1) is 0 Å². The number of hydrogen-bond donors (Lipinski definition) is 2. The van der Waals surface area contributed by atoms with Gasteiger partial charge in [0.2, 0.25) is 0 Å². The van der Waals surface area contributed by atoms with Crippen molar-refractivity contribution in [3.8, 4) is 5.75 Å². The van der Waals surface area contributed by atoms with Gasteiger partial charge in [0.1, 0.15) is 5.75 Å². The highest BCUT2D eigenvalue weighted by Crippen LogP contribution is 2.23. The predicted octanol–water partition coefficient (Wildman–Crippen LogP) is 5.91. The first-order valence-electron chi connectivity index (χ1n) is 9.91. The molecule has 0 atom stereocenters. The van der Waals surface area contributed by atoms with Crippen LogP contribution < -0.4 is 15.4 Å². The van der Waals surface area contributed by atoms with E-state index in [1.807, 2.05) is 24.3 Å². The maximum Gasteiger partial charge on any atom is 0.262 e. The molecule has 3 aromatic rings. The van der Waals surface area contributed by atoms with Gasteiger partial charge in [0.15, 0.2) is 6.61 Å². The fourth-order valence-corrected chi connectivity index (χ4v) is 2.96. The van der Waals surface area contributed by atoms with Gasteiger partial charge in [0, 0.05) is 22.0 Å². The van der Waals surface area contributed by atoms with Crippen LogP contribution in [-0.2, 0) is 10.2 Å². The van der Waals surface area contributed by atoms with Gasteiger partial charge in [-0.3, -0.25) is 9.59 Å². The zero-order valence-electron chi connectivity index (χ0n) is 17.7. The molecule has 3 rings (SSSR count). The standard InChI is InChI=1S/C25H25ClN2O3/c1-25(2,3)18-6-4-17(5-7-18)24(30)28-21-12-10-20(11-13-21)27-23(29)16-31-22-14-8-19(26)9-15-22/h4-15H,16H2,1-3H3,(H,27,29)(H,28,30). The van der Waals surface area contributed by atoms with Crippen LogP contribution in [0.1, 0.15) is 36.7 Å². The summed E-state index contributed by atoms with van der Waals surface area (Å²) in [5.74, 6) is 0.0902. The van der Waals surface area contributed by atoms with E-state index in [4.69, 9.17) is 16.3 Å². The lowest BCUT2D eigenvalue weighted by Gasteiger charge is -2.19. The van der Waals surface area contributed by atoms with Crippen molar-refractivity contribution in [3.63, 3.8) is 0 Å². The molecule has 2 N–H and O–H groups in total. The third kappa shape index (κ3) is 6.59. The minimum Gasteiger partial charge on any atom is -0.484 e. The van der Waals surface area contributed by atoms with Crippen molar-refractivity contribution in [2.75, 3.05) is 17.2 Å². The number of carbonyl (C=O) groups excluding carboxylic acids is 2. The molecular formula is C25H25ClN2O3.